The molecule has 2 saturated heterocycles. The number of unbranched alkanes of at least 4 members (excludes halogenated alkanes) is 1. The minimum absolute atomic E-state index is 0. The molecule has 0 spiro atoms. The molecule has 11 heteroatoms. The van der Waals surface area contributed by atoms with Crippen LogP contribution in [0.15, 0.2) is 25.3 Å². The fourth-order valence-electron chi connectivity index (χ4n) is 2.21. The average Bonchev–Trinajstić information content (AvgIpc) is 3.74. The third-order valence-corrected chi connectivity index (χ3v) is 3.95. The van der Waals surface area contributed by atoms with Crippen molar-refractivity contribution < 1.29 is 46.6 Å². The molecule has 0 amide bonds. The second kappa shape index (κ2) is 83.4. The summed E-state index contributed by atoms with van der Waals surface area (Å²) in [4.78, 5) is 9.40. The molecule has 9 nitrogen and oxygen atoms in total. The summed E-state index contributed by atoms with van der Waals surface area (Å²) in [6, 6.07) is 0. The van der Waals surface area contributed by atoms with Gasteiger partial charge in [-0.2, -0.15) is 0 Å². The second-order valence-corrected chi connectivity index (χ2v) is 7.47. The summed E-state index contributed by atoms with van der Waals surface area (Å²) in [5.74, 6) is 0. The number of rotatable bonds is 9. The Labute approximate surface area is 282 Å². The van der Waals surface area contributed by atoms with Crippen molar-refractivity contribution in [3.8, 4) is 0 Å². The number of aldehydes is 1. The third-order valence-electron chi connectivity index (χ3n) is 3.95. The predicted molar refractivity (Wildman–Crippen MR) is 176 cm³/mol. The van der Waals surface area contributed by atoms with Gasteiger partial charge in [0.25, 0.3) is 0 Å². The molecule has 2 unspecified atom stereocenters. The van der Waals surface area contributed by atoms with Gasteiger partial charge in [-0.05, 0) is 72.5 Å². The van der Waals surface area contributed by atoms with Crippen molar-refractivity contribution in [1.82, 2.24) is 0 Å². The van der Waals surface area contributed by atoms with E-state index in [0.717, 1.165) is 64.8 Å². The van der Waals surface area contributed by atoms with E-state index in [0.29, 0.717) is 12.8 Å². The molecule has 2 rings (SSSR count). The molecule has 0 aliphatic carbocycles. The van der Waals surface area contributed by atoms with Crippen molar-refractivity contribution in [1.29, 1.82) is 0 Å². The van der Waals surface area contributed by atoms with Crippen LogP contribution in [0.25, 0.3) is 0 Å². The van der Waals surface area contributed by atoms with Crippen LogP contribution in [0.3, 0.4) is 0 Å². The third kappa shape index (κ3) is 109. The summed E-state index contributed by atoms with van der Waals surface area (Å²) in [5.41, 5.74) is 13.5. The quantitative estimate of drug-likeness (QED) is 0.0896. The van der Waals surface area contributed by atoms with E-state index in [1.165, 1.54) is 52.9 Å². The molecular formula is C30H70BrMgN3O6. The molecule has 0 aromatic heterocycles. The molecule has 41 heavy (non-hydrogen) atoms. The minimum atomic E-state index is -0.495. The Morgan fingerprint density at radius 2 is 1.10 bits per heavy atom. The Morgan fingerprint density at radius 3 is 1.22 bits per heavy atom. The molecule has 250 valence electrons. The van der Waals surface area contributed by atoms with Gasteiger partial charge < -0.3 is 63.8 Å². The Kier molecular flexibility index (Phi) is 130. The number of hydrogen-bond acceptors (Lipinski definition) is 9. The van der Waals surface area contributed by atoms with Crippen LogP contribution in [0.4, 0.5) is 0 Å². The molecule has 2 atom stereocenters. The fraction of sp³-hybridized carbons (Fsp3) is 0.800. The largest absolute Gasteiger partial charge is 2.00 e. The van der Waals surface area contributed by atoms with Crippen LogP contribution in [0.5, 0.6) is 0 Å². The van der Waals surface area contributed by atoms with Crippen LogP contribution in [0.2, 0.25) is 0 Å². The number of nitrogens with two attached hydrogens (primary N) is 3. The molecule has 2 fully saturated rings. The van der Waals surface area contributed by atoms with E-state index in [-0.39, 0.29) is 52.7 Å². The monoisotopic (exact) mass is 671 g/mol. The fourth-order valence-corrected chi connectivity index (χ4v) is 2.21. The molecule has 9 N–H and O–H groups in total. The predicted octanol–water partition coefficient (Wildman–Crippen LogP) is 0.797. The van der Waals surface area contributed by atoms with Gasteiger partial charge >= 0.3 is 23.1 Å². The molecule has 0 saturated carbocycles. The number of ether oxygens (including phenoxy) is 2. The van der Waals surface area contributed by atoms with Crippen LogP contribution in [0.1, 0.15) is 91.4 Å². The maximum absolute atomic E-state index is 9.40. The first-order chi connectivity index (χ1) is 18.9. The molecule has 2 aliphatic rings. The average molecular weight is 673 g/mol. The van der Waals surface area contributed by atoms with Crippen molar-refractivity contribution >= 4 is 29.3 Å². The van der Waals surface area contributed by atoms with Crippen LogP contribution in [-0.2, 0) is 14.3 Å². The van der Waals surface area contributed by atoms with Crippen molar-refractivity contribution in [2.45, 2.75) is 104 Å². The van der Waals surface area contributed by atoms with E-state index in [9.17, 15) is 4.79 Å². The van der Waals surface area contributed by atoms with E-state index in [1.807, 2.05) is 13.8 Å². The summed E-state index contributed by atoms with van der Waals surface area (Å²) in [6.45, 7) is 19.9. The van der Waals surface area contributed by atoms with Gasteiger partial charge in [-0.1, -0.05) is 39.7 Å². The first kappa shape index (κ1) is 64.0. The molecule has 0 bridgehead atoms. The van der Waals surface area contributed by atoms with E-state index in [1.54, 1.807) is 6.08 Å². The normalized spacial score (nSPS) is 12.5. The zero-order valence-electron chi connectivity index (χ0n) is 27.7. The Morgan fingerprint density at radius 1 is 0.780 bits per heavy atom. The van der Waals surface area contributed by atoms with Crippen LogP contribution in [-0.4, -0.2) is 111 Å². The van der Waals surface area contributed by atoms with Crippen molar-refractivity contribution in [3.05, 3.63) is 32.2 Å². The van der Waals surface area contributed by atoms with Crippen LogP contribution >= 0.6 is 0 Å². The van der Waals surface area contributed by atoms with E-state index in [4.69, 9.17) is 24.8 Å². The molecular weight excluding hydrogens is 603 g/mol. The number of aliphatic hydroxyl groups is 3. The van der Waals surface area contributed by atoms with E-state index < -0.39 is 6.10 Å². The maximum Gasteiger partial charge on any atom is 2.00 e. The van der Waals surface area contributed by atoms with Gasteiger partial charge in [0.15, 0.2) is 0 Å². The Balaban J connectivity index is -0.0000000415. The first-order valence-electron chi connectivity index (χ1n) is 14.3. The zero-order chi connectivity index (χ0) is 32.0. The van der Waals surface area contributed by atoms with Gasteiger partial charge in [0.2, 0.25) is 0 Å². The Hall–Kier alpha value is -0.0538. The SMILES string of the molecule is C1CCOC1.C1CCOC1.C=CCC(O)CCC.C=C[CH2-].CCCC(O)CO.CCCC=O.CN.CN.CN.[Br-].[Mg+2]. The number of hydrogen-bond donors (Lipinski definition) is 6. The summed E-state index contributed by atoms with van der Waals surface area (Å²) < 4.78 is 9.89. The summed E-state index contributed by atoms with van der Waals surface area (Å²) in [5, 5.41) is 25.8. The number of allylic oxidation sites excluding steroid dienone is 1. The zero-order valence-corrected chi connectivity index (χ0v) is 30.7. The number of halogens is 1. The van der Waals surface area contributed by atoms with Gasteiger partial charge in [-0.15, -0.1) is 6.58 Å². The smallest absolute Gasteiger partial charge is 1.00 e. The molecule has 0 radical (unpaired) electrons. The number of carbonyl (C=O) groups is 1. The van der Waals surface area contributed by atoms with Crippen molar-refractivity contribution in [2.24, 2.45) is 17.2 Å². The Bertz CT molecular complexity index is 346. The molecule has 0 aromatic carbocycles. The summed E-state index contributed by atoms with van der Waals surface area (Å²) in [6.07, 6.45) is 14.6. The number of carbonyl (C=O) groups excluding carboxylic acids is 1. The van der Waals surface area contributed by atoms with Crippen molar-refractivity contribution in [3.63, 3.8) is 0 Å². The maximum atomic E-state index is 9.40. The van der Waals surface area contributed by atoms with E-state index >= 15 is 0 Å². The summed E-state index contributed by atoms with van der Waals surface area (Å²) >= 11 is 0. The standard InChI is InChI=1S/C7H14O.C5H12O2.3C4H8O.C3H5.3CH5N.BrH.Mg/c1-3-5-7(8)6-4-2;1-2-3-5(7)4-6;2*1-2-4-5-3-1;1-2-3-4-5;1-3-2;3*1-2;;/h3,7-8H,1,4-6H2,2H3;5-7H,2-4H2,1H3;2*1-4H2;4H,2-3H2,1H3;3H,1-2H2;3*2H2,1H3;1H;/q;;;;;-1;;;;;+2/p-1. The topological polar surface area (TPSA) is 174 Å². The van der Waals surface area contributed by atoms with Gasteiger partial charge in [0.1, 0.15) is 6.29 Å². The molecule has 0 aromatic rings. The van der Waals surface area contributed by atoms with E-state index in [2.05, 4.69) is 44.2 Å². The van der Waals surface area contributed by atoms with Gasteiger partial charge in [0.05, 0.1) is 18.8 Å². The number of aliphatic hydroxyl groups excluding tert-OH is 3. The summed E-state index contributed by atoms with van der Waals surface area (Å²) in [7, 11) is 4.50. The van der Waals surface area contributed by atoms with Crippen LogP contribution < -0.4 is 34.2 Å². The van der Waals surface area contributed by atoms with Gasteiger partial charge in [-0.3, -0.25) is 0 Å². The minimum Gasteiger partial charge on any atom is -1.00 e. The molecule has 2 aliphatic heterocycles. The second-order valence-electron chi connectivity index (χ2n) is 7.47. The van der Waals surface area contributed by atoms with Gasteiger partial charge in [-0.25, -0.2) is 19.6 Å². The van der Waals surface area contributed by atoms with Crippen molar-refractivity contribution in [2.75, 3.05) is 54.2 Å². The first-order valence-corrected chi connectivity index (χ1v) is 14.3. The molecule has 2 heterocycles. The van der Waals surface area contributed by atoms with Crippen LogP contribution in [0, 0.1) is 6.92 Å². The van der Waals surface area contributed by atoms with Gasteiger partial charge in [0, 0.05) is 32.8 Å².